The molecule has 2 aromatic rings. The van der Waals surface area contributed by atoms with Crippen LogP contribution < -0.4 is 5.73 Å². The van der Waals surface area contributed by atoms with E-state index in [1.54, 1.807) is 6.07 Å². The van der Waals surface area contributed by atoms with Gasteiger partial charge in [-0.2, -0.15) is 5.10 Å². The van der Waals surface area contributed by atoms with Crippen molar-refractivity contribution in [2.24, 2.45) is 5.73 Å². The standard InChI is InChI=1S/C16H20FN3/c1-11(2)20-8-6-14(19-20)10-16(18)7-5-12-9-13(17)3-4-15(12)16/h3-4,6,8-9,11H,5,7,10,18H2,1-2H3. The number of halogens is 1. The molecule has 0 saturated heterocycles. The minimum atomic E-state index is -0.417. The molecule has 0 saturated carbocycles. The summed E-state index contributed by atoms with van der Waals surface area (Å²) < 4.78 is 15.2. The van der Waals surface area contributed by atoms with E-state index in [9.17, 15) is 4.39 Å². The summed E-state index contributed by atoms with van der Waals surface area (Å²) in [6.45, 7) is 4.20. The van der Waals surface area contributed by atoms with Gasteiger partial charge in [-0.25, -0.2) is 4.39 Å². The molecule has 3 nitrogen and oxygen atoms in total. The van der Waals surface area contributed by atoms with E-state index in [1.807, 2.05) is 23.0 Å². The van der Waals surface area contributed by atoms with Crippen LogP contribution in [0.2, 0.25) is 0 Å². The van der Waals surface area contributed by atoms with Gasteiger partial charge >= 0.3 is 0 Å². The van der Waals surface area contributed by atoms with Crippen LogP contribution in [0.25, 0.3) is 0 Å². The zero-order valence-corrected chi connectivity index (χ0v) is 11.9. The first-order valence-electron chi connectivity index (χ1n) is 7.10. The van der Waals surface area contributed by atoms with E-state index in [1.165, 1.54) is 6.07 Å². The Labute approximate surface area is 118 Å². The number of nitrogens with zero attached hydrogens (tertiary/aromatic N) is 2. The summed E-state index contributed by atoms with van der Waals surface area (Å²) >= 11 is 0. The molecule has 1 aliphatic carbocycles. The monoisotopic (exact) mass is 273 g/mol. The quantitative estimate of drug-likeness (QED) is 0.934. The normalized spacial score (nSPS) is 21.4. The Kier molecular flexibility index (Phi) is 3.13. The first-order valence-corrected chi connectivity index (χ1v) is 7.10. The highest BCUT2D eigenvalue weighted by Gasteiger charge is 2.35. The van der Waals surface area contributed by atoms with Gasteiger partial charge in [-0.1, -0.05) is 6.07 Å². The molecular formula is C16H20FN3. The van der Waals surface area contributed by atoms with E-state index < -0.39 is 5.54 Å². The second kappa shape index (κ2) is 4.70. The lowest BCUT2D eigenvalue weighted by molar-refractivity contribution is 0.427. The van der Waals surface area contributed by atoms with Crippen LogP contribution in [-0.4, -0.2) is 9.78 Å². The smallest absolute Gasteiger partial charge is 0.123 e. The van der Waals surface area contributed by atoms with Crippen molar-refractivity contribution in [1.82, 2.24) is 9.78 Å². The summed E-state index contributed by atoms with van der Waals surface area (Å²) in [4.78, 5) is 0. The van der Waals surface area contributed by atoms with E-state index >= 15 is 0 Å². The number of fused-ring (bicyclic) bond motifs is 1. The Morgan fingerprint density at radius 1 is 1.40 bits per heavy atom. The van der Waals surface area contributed by atoms with Gasteiger partial charge in [0.25, 0.3) is 0 Å². The Hall–Kier alpha value is -1.68. The molecule has 3 rings (SSSR count). The van der Waals surface area contributed by atoms with Gasteiger partial charge in [0.15, 0.2) is 0 Å². The van der Waals surface area contributed by atoms with Crippen molar-refractivity contribution in [2.75, 3.05) is 0 Å². The molecule has 4 heteroatoms. The molecule has 1 aromatic heterocycles. The third-order valence-corrected chi connectivity index (χ3v) is 4.13. The lowest BCUT2D eigenvalue weighted by Gasteiger charge is -2.24. The summed E-state index contributed by atoms with van der Waals surface area (Å²) in [6, 6.07) is 7.31. The lowest BCUT2D eigenvalue weighted by Crippen LogP contribution is -2.36. The first kappa shape index (κ1) is 13.3. The minimum absolute atomic E-state index is 0.183. The van der Waals surface area contributed by atoms with E-state index in [-0.39, 0.29) is 5.82 Å². The van der Waals surface area contributed by atoms with Gasteiger partial charge in [0.05, 0.1) is 5.69 Å². The molecule has 0 aliphatic heterocycles. The Morgan fingerprint density at radius 3 is 2.90 bits per heavy atom. The van der Waals surface area contributed by atoms with Gasteiger partial charge in [0, 0.05) is 24.2 Å². The second-order valence-electron chi connectivity index (χ2n) is 6.02. The van der Waals surface area contributed by atoms with E-state index in [0.717, 1.165) is 29.7 Å². The summed E-state index contributed by atoms with van der Waals surface area (Å²) in [5.41, 5.74) is 9.25. The van der Waals surface area contributed by atoms with E-state index in [4.69, 9.17) is 5.73 Å². The molecule has 0 spiro atoms. The molecule has 0 bridgehead atoms. The molecule has 106 valence electrons. The van der Waals surface area contributed by atoms with Gasteiger partial charge in [-0.15, -0.1) is 0 Å². The van der Waals surface area contributed by atoms with Crippen molar-refractivity contribution in [3.63, 3.8) is 0 Å². The lowest BCUT2D eigenvalue weighted by atomic mass is 9.88. The molecule has 2 N–H and O–H groups in total. The number of benzene rings is 1. The molecule has 1 aliphatic rings. The molecule has 1 heterocycles. The summed E-state index contributed by atoms with van der Waals surface area (Å²) in [7, 11) is 0. The fourth-order valence-corrected chi connectivity index (χ4v) is 3.01. The topological polar surface area (TPSA) is 43.8 Å². The zero-order chi connectivity index (χ0) is 14.3. The van der Waals surface area contributed by atoms with Crippen molar-refractivity contribution in [1.29, 1.82) is 0 Å². The maximum Gasteiger partial charge on any atom is 0.123 e. The number of aromatic nitrogens is 2. The van der Waals surface area contributed by atoms with Crippen LogP contribution in [0.5, 0.6) is 0 Å². The predicted molar refractivity (Wildman–Crippen MR) is 76.9 cm³/mol. The van der Waals surface area contributed by atoms with Gasteiger partial charge in [-0.3, -0.25) is 4.68 Å². The Balaban J connectivity index is 1.87. The molecule has 1 unspecified atom stereocenters. The number of rotatable bonds is 3. The molecule has 1 atom stereocenters. The average Bonchev–Trinajstić information content (AvgIpc) is 2.96. The van der Waals surface area contributed by atoms with Crippen LogP contribution in [0, 0.1) is 5.82 Å². The largest absolute Gasteiger partial charge is 0.321 e. The molecular weight excluding hydrogens is 253 g/mol. The van der Waals surface area contributed by atoms with Crippen molar-refractivity contribution < 1.29 is 4.39 Å². The summed E-state index contributed by atoms with van der Waals surface area (Å²) in [5.74, 6) is -0.183. The van der Waals surface area contributed by atoms with Crippen LogP contribution in [0.15, 0.2) is 30.5 Å². The van der Waals surface area contributed by atoms with Crippen LogP contribution in [0.1, 0.15) is 43.1 Å². The Morgan fingerprint density at radius 2 is 2.20 bits per heavy atom. The van der Waals surface area contributed by atoms with Crippen LogP contribution in [0.3, 0.4) is 0 Å². The third kappa shape index (κ3) is 2.24. The van der Waals surface area contributed by atoms with E-state index in [0.29, 0.717) is 12.5 Å². The summed E-state index contributed by atoms with van der Waals surface area (Å²) in [5, 5.41) is 4.57. The third-order valence-electron chi connectivity index (χ3n) is 4.13. The highest BCUT2D eigenvalue weighted by molar-refractivity contribution is 5.39. The zero-order valence-electron chi connectivity index (χ0n) is 11.9. The van der Waals surface area contributed by atoms with Gasteiger partial charge in [0.1, 0.15) is 5.82 Å². The Bertz CT molecular complexity index is 632. The minimum Gasteiger partial charge on any atom is -0.321 e. The number of hydrogen-bond donors (Lipinski definition) is 1. The SMILES string of the molecule is CC(C)n1ccc(CC2(N)CCc3cc(F)ccc32)n1. The first-order chi connectivity index (χ1) is 9.48. The highest BCUT2D eigenvalue weighted by Crippen LogP contribution is 2.37. The highest BCUT2D eigenvalue weighted by atomic mass is 19.1. The maximum atomic E-state index is 13.3. The molecule has 0 radical (unpaired) electrons. The van der Waals surface area contributed by atoms with E-state index in [2.05, 4.69) is 18.9 Å². The number of nitrogens with two attached hydrogens (primary N) is 1. The van der Waals surface area contributed by atoms with Crippen molar-refractivity contribution in [3.8, 4) is 0 Å². The van der Waals surface area contributed by atoms with Gasteiger partial charge < -0.3 is 5.73 Å². The fourth-order valence-electron chi connectivity index (χ4n) is 3.01. The summed E-state index contributed by atoms with van der Waals surface area (Å²) in [6.07, 6.45) is 4.38. The van der Waals surface area contributed by atoms with Crippen molar-refractivity contribution in [3.05, 3.63) is 53.1 Å². The van der Waals surface area contributed by atoms with Gasteiger partial charge in [0.2, 0.25) is 0 Å². The number of hydrogen-bond acceptors (Lipinski definition) is 2. The van der Waals surface area contributed by atoms with Crippen LogP contribution >= 0.6 is 0 Å². The van der Waals surface area contributed by atoms with Gasteiger partial charge in [-0.05, 0) is 56.0 Å². The van der Waals surface area contributed by atoms with Crippen molar-refractivity contribution in [2.45, 2.75) is 44.7 Å². The van der Waals surface area contributed by atoms with Crippen molar-refractivity contribution >= 4 is 0 Å². The molecule has 0 fully saturated rings. The second-order valence-corrected chi connectivity index (χ2v) is 6.02. The predicted octanol–water partition coefficient (Wildman–Crippen LogP) is 2.95. The molecule has 0 amide bonds. The van der Waals surface area contributed by atoms with Crippen LogP contribution in [-0.2, 0) is 18.4 Å². The number of aryl methyl sites for hydroxylation is 1. The molecule has 20 heavy (non-hydrogen) atoms. The van der Waals surface area contributed by atoms with Crippen LogP contribution in [0.4, 0.5) is 4.39 Å². The average molecular weight is 273 g/mol. The maximum absolute atomic E-state index is 13.3. The fraction of sp³-hybridized carbons (Fsp3) is 0.438. The molecule has 1 aromatic carbocycles.